The van der Waals surface area contributed by atoms with E-state index in [1.54, 1.807) is 0 Å². The summed E-state index contributed by atoms with van der Waals surface area (Å²) >= 11 is 0. The Bertz CT molecular complexity index is 864. The number of sulfone groups is 1. The average molecular weight is 397 g/mol. The van der Waals surface area contributed by atoms with Gasteiger partial charge in [0.2, 0.25) is 5.76 Å². The number of rotatable bonds is 4. The zero-order valence-electron chi connectivity index (χ0n) is 14.3. The van der Waals surface area contributed by atoms with E-state index in [2.05, 4.69) is 9.32 Å². The van der Waals surface area contributed by atoms with Crippen LogP contribution in [0.3, 0.4) is 0 Å². The monoisotopic (exact) mass is 397 g/mol. The molecule has 0 aliphatic carbocycles. The summed E-state index contributed by atoms with van der Waals surface area (Å²) < 4.78 is 26.9. The Kier molecular flexibility index (Phi) is 6.53. The Morgan fingerprint density at radius 3 is 2.19 bits per heavy atom. The highest BCUT2D eigenvalue weighted by Gasteiger charge is 2.21. The van der Waals surface area contributed by atoms with Crippen LogP contribution >= 0.6 is 0 Å². The molecule has 0 amide bonds. The predicted octanol–water partition coefficient (Wildman–Crippen LogP) is 1.27. The minimum Gasteiger partial charge on any atom is -0.475 e. The van der Waals surface area contributed by atoms with Crippen molar-refractivity contribution < 1.29 is 27.7 Å². The average Bonchev–Trinajstić information content (AvgIpc) is 3.13. The fraction of sp³-hybridized carbons (Fsp3) is 0.312. The van der Waals surface area contributed by atoms with Gasteiger partial charge in [-0.25, -0.2) is 13.2 Å². The first-order chi connectivity index (χ1) is 12.7. The van der Waals surface area contributed by atoms with Crippen molar-refractivity contribution in [3.8, 4) is 0 Å². The molecule has 0 bridgehead atoms. The molecule has 0 unspecified atom stereocenters. The van der Waals surface area contributed by atoms with Gasteiger partial charge in [-0.15, -0.1) is 0 Å². The topological polar surface area (TPSA) is 157 Å². The second kappa shape index (κ2) is 8.64. The first kappa shape index (κ1) is 20.4. The molecule has 11 heteroatoms. The molecule has 27 heavy (non-hydrogen) atoms. The number of hydrogen-bond donors (Lipinski definition) is 2. The maximum absolute atomic E-state index is 11.3. The van der Waals surface area contributed by atoms with Crippen LogP contribution in [0.5, 0.6) is 0 Å². The Balaban J connectivity index is 0.000000208. The highest BCUT2D eigenvalue weighted by Crippen LogP contribution is 2.18. The van der Waals surface area contributed by atoms with E-state index in [1.165, 1.54) is 0 Å². The molecule has 0 atom stereocenters. The van der Waals surface area contributed by atoms with Crippen molar-refractivity contribution in [1.82, 2.24) is 0 Å². The summed E-state index contributed by atoms with van der Waals surface area (Å²) in [5.41, 5.74) is 7.69. The summed E-state index contributed by atoms with van der Waals surface area (Å²) in [5, 5.41) is 18.2. The molecule has 1 aliphatic heterocycles. The van der Waals surface area contributed by atoms with Crippen molar-refractivity contribution in [1.29, 1.82) is 0 Å². The molecule has 1 aromatic heterocycles. The predicted molar refractivity (Wildman–Crippen MR) is 97.5 cm³/mol. The van der Waals surface area contributed by atoms with E-state index in [4.69, 9.17) is 10.8 Å². The van der Waals surface area contributed by atoms with Crippen LogP contribution in [0.4, 0.5) is 11.6 Å². The van der Waals surface area contributed by atoms with Crippen molar-refractivity contribution in [3.05, 3.63) is 57.8 Å². The summed E-state index contributed by atoms with van der Waals surface area (Å²) in [6, 6.07) is 9.99. The van der Waals surface area contributed by atoms with Gasteiger partial charge in [0.1, 0.15) is 4.92 Å². The third-order valence-corrected chi connectivity index (χ3v) is 5.47. The van der Waals surface area contributed by atoms with Gasteiger partial charge in [0.05, 0.1) is 17.6 Å². The second-order valence-corrected chi connectivity index (χ2v) is 8.01. The molecule has 1 saturated heterocycles. The van der Waals surface area contributed by atoms with Crippen LogP contribution in [0.2, 0.25) is 0 Å². The number of hydrogen-bond acceptors (Lipinski definition) is 8. The van der Waals surface area contributed by atoms with Crippen LogP contribution in [0.15, 0.2) is 40.8 Å². The fourth-order valence-corrected chi connectivity index (χ4v) is 3.56. The lowest BCUT2D eigenvalue weighted by molar-refractivity contribution is -0.402. The van der Waals surface area contributed by atoms with E-state index in [0.717, 1.165) is 23.4 Å². The number of aromatic carboxylic acids is 1. The normalized spacial score (nSPS) is 15.5. The van der Waals surface area contributed by atoms with Crippen LogP contribution in [-0.4, -0.2) is 49.0 Å². The number of furan rings is 1. The van der Waals surface area contributed by atoms with Gasteiger partial charge in [-0.05, 0) is 23.8 Å². The Hall–Kier alpha value is -2.92. The minimum atomic E-state index is -2.80. The maximum Gasteiger partial charge on any atom is 0.433 e. The fourth-order valence-electron chi connectivity index (χ4n) is 2.35. The lowest BCUT2D eigenvalue weighted by Gasteiger charge is -2.28. The van der Waals surface area contributed by atoms with E-state index in [0.29, 0.717) is 19.6 Å². The summed E-state index contributed by atoms with van der Waals surface area (Å²) in [4.78, 5) is 21.4. The number of benzene rings is 1. The zero-order valence-corrected chi connectivity index (χ0v) is 15.1. The van der Waals surface area contributed by atoms with Crippen LogP contribution in [0, 0.1) is 10.1 Å². The quantitative estimate of drug-likeness (QED) is 0.572. The summed E-state index contributed by atoms with van der Waals surface area (Å²) in [6.07, 6.45) is 0. The molecule has 0 spiro atoms. The smallest absolute Gasteiger partial charge is 0.433 e. The van der Waals surface area contributed by atoms with Gasteiger partial charge in [0, 0.05) is 25.3 Å². The van der Waals surface area contributed by atoms with Crippen LogP contribution in [0.1, 0.15) is 16.1 Å². The molecule has 1 aliphatic rings. The van der Waals surface area contributed by atoms with Gasteiger partial charge in [-0.3, -0.25) is 10.1 Å². The first-order valence-electron chi connectivity index (χ1n) is 7.94. The lowest BCUT2D eigenvalue weighted by Crippen LogP contribution is -2.40. The van der Waals surface area contributed by atoms with Gasteiger partial charge in [0.25, 0.3) is 0 Å². The van der Waals surface area contributed by atoms with Crippen molar-refractivity contribution >= 4 is 27.4 Å². The van der Waals surface area contributed by atoms with Gasteiger partial charge >= 0.3 is 11.9 Å². The van der Waals surface area contributed by atoms with Gasteiger partial charge in [-0.2, -0.15) is 0 Å². The number of nitrogens with two attached hydrogens (primary N) is 1. The molecule has 2 aromatic rings. The SMILES string of the molecule is NCc1ccc(N2CCS(=O)(=O)CC2)cc1.O=C(O)c1ccc([N+](=O)[O-])o1. The Morgan fingerprint density at radius 2 is 1.78 bits per heavy atom. The molecule has 1 fully saturated rings. The van der Waals surface area contributed by atoms with Gasteiger partial charge in [-0.1, -0.05) is 12.1 Å². The van der Waals surface area contributed by atoms with E-state index < -0.39 is 32.4 Å². The number of carbonyl (C=O) groups is 1. The van der Waals surface area contributed by atoms with Gasteiger partial charge < -0.3 is 20.2 Å². The summed E-state index contributed by atoms with van der Waals surface area (Å²) in [6.45, 7) is 1.71. The molecular weight excluding hydrogens is 378 g/mol. The van der Waals surface area contributed by atoms with Crippen molar-refractivity contribution in [2.45, 2.75) is 6.54 Å². The molecule has 3 rings (SSSR count). The number of nitro groups is 1. The molecule has 146 valence electrons. The lowest BCUT2D eigenvalue weighted by atomic mass is 10.2. The van der Waals surface area contributed by atoms with E-state index >= 15 is 0 Å². The largest absolute Gasteiger partial charge is 0.475 e. The number of nitrogens with zero attached hydrogens (tertiary/aromatic N) is 2. The van der Waals surface area contributed by atoms with Crippen molar-refractivity contribution in [3.63, 3.8) is 0 Å². The van der Waals surface area contributed by atoms with E-state index in [1.807, 2.05) is 24.3 Å². The van der Waals surface area contributed by atoms with Gasteiger partial charge in [0.15, 0.2) is 9.84 Å². The molecule has 10 nitrogen and oxygen atoms in total. The maximum atomic E-state index is 11.3. The van der Waals surface area contributed by atoms with E-state index in [-0.39, 0.29) is 11.5 Å². The summed E-state index contributed by atoms with van der Waals surface area (Å²) in [5.74, 6) is -1.81. The number of carboxylic acids is 1. The Labute approximate surface area is 155 Å². The summed E-state index contributed by atoms with van der Waals surface area (Å²) in [7, 11) is -2.80. The second-order valence-electron chi connectivity index (χ2n) is 5.71. The highest BCUT2D eigenvalue weighted by atomic mass is 32.2. The zero-order chi connectivity index (χ0) is 20.0. The molecule has 1 aromatic carbocycles. The Morgan fingerprint density at radius 1 is 1.19 bits per heavy atom. The van der Waals surface area contributed by atoms with Crippen LogP contribution < -0.4 is 10.6 Å². The third kappa shape index (κ3) is 5.79. The molecule has 0 saturated carbocycles. The third-order valence-electron chi connectivity index (χ3n) is 3.86. The number of carboxylic acid groups (broad SMARTS) is 1. The van der Waals surface area contributed by atoms with Crippen LogP contribution in [0.25, 0.3) is 0 Å². The minimum absolute atomic E-state index is 0.256. The first-order valence-corrected chi connectivity index (χ1v) is 9.76. The highest BCUT2D eigenvalue weighted by molar-refractivity contribution is 7.91. The standard InChI is InChI=1S/C11H16N2O2S.C5H3NO5/c12-9-10-1-3-11(4-2-10)13-5-7-16(14,15)8-6-13;7-5(8)3-1-2-4(11-3)6(9)10/h1-4H,5-9,12H2;1-2H,(H,7,8). The molecule has 2 heterocycles. The molecular formula is C16H19N3O7S. The van der Waals surface area contributed by atoms with Crippen molar-refractivity contribution in [2.75, 3.05) is 29.5 Å². The molecule has 0 radical (unpaired) electrons. The molecule has 3 N–H and O–H groups in total. The number of anilines is 1. The van der Waals surface area contributed by atoms with Crippen molar-refractivity contribution in [2.24, 2.45) is 5.73 Å². The van der Waals surface area contributed by atoms with Crippen LogP contribution in [-0.2, 0) is 16.4 Å². The van der Waals surface area contributed by atoms with E-state index in [9.17, 15) is 23.3 Å².